The Morgan fingerprint density at radius 3 is 2.95 bits per heavy atom. The van der Waals surface area contributed by atoms with Crippen LogP contribution in [0.4, 0.5) is 11.7 Å². The maximum absolute atomic E-state index is 10.9. The van der Waals surface area contributed by atoms with E-state index in [0.29, 0.717) is 12.0 Å². The first kappa shape index (κ1) is 13.3. The molecule has 0 aliphatic heterocycles. The van der Waals surface area contributed by atoms with E-state index in [2.05, 4.69) is 10.3 Å². The number of aromatic nitrogens is 1. The molecule has 0 amide bonds. The summed E-state index contributed by atoms with van der Waals surface area (Å²) in [6.07, 6.45) is 0.570. The minimum atomic E-state index is -0.882. The van der Waals surface area contributed by atoms with Crippen molar-refractivity contribution in [3.8, 4) is 0 Å². The van der Waals surface area contributed by atoms with Crippen LogP contribution in [-0.4, -0.2) is 27.2 Å². The number of nitrogens with one attached hydrogen (secondary N) is 1. The summed E-state index contributed by atoms with van der Waals surface area (Å²) in [4.78, 5) is 14.4. The number of nitrogens with zero attached hydrogens (tertiary/aromatic N) is 2. The Balaban J connectivity index is 2.27. The fourth-order valence-electron chi connectivity index (χ4n) is 1.55. The summed E-state index contributed by atoms with van der Waals surface area (Å²) >= 11 is 0. The predicted octanol–water partition coefficient (Wildman–Crippen LogP) is 2.31. The summed E-state index contributed by atoms with van der Waals surface area (Å²) in [7, 11) is 0. The molecule has 1 unspecified atom stereocenters. The second-order valence-corrected chi connectivity index (χ2v) is 4.60. The Labute approximate surface area is 109 Å². The number of fused-ring (bicyclic) bond motifs is 1. The lowest BCUT2D eigenvalue weighted by atomic mass is 10.0. The Morgan fingerprint density at radius 2 is 2.32 bits per heavy atom. The number of anilines is 1. The Hall–Kier alpha value is -2.15. The molecular weight excluding hydrogens is 250 g/mol. The molecule has 0 saturated carbocycles. The van der Waals surface area contributed by atoms with Crippen molar-refractivity contribution in [3.05, 3.63) is 28.3 Å². The van der Waals surface area contributed by atoms with Crippen LogP contribution in [0, 0.1) is 10.1 Å². The average Bonchev–Trinajstić information content (AvgIpc) is 2.79. The van der Waals surface area contributed by atoms with Crippen molar-refractivity contribution < 1.29 is 14.4 Å². The largest absolute Gasteiger partial charge is 0.423 e. The van der Waals surface area contributed by atoms with Crippen LogP contribution in [-0.2, 0) is 0 Å². The Kier molecular flexibility index (Phi) is 3.39. The Bertz CT molecular complexity index is 606. The van der Waals surface area contributed by atoms with Crippen LogP contribution in [0.2, 0.25) is 0 Å². The number of hydrogen-bond donors (Lipinski definition) is 2. The summed E-state index contributed by atoms with van der Waals surface area (Å²) in [6, 6.07) is 4.69. The SMILES string of the molecule is CCC(C)(O)CNc1nc2c([N+](=O)[O-])cccc2o1. The minimum absolute atomic E-state index is 0.100. The van der Waals surface area contributed by atoms with Crippen LogP contribution in [0.3, 0.4) is 0 Å². The van der Waals surface area contributed by atoms with E-state index in [1.54, 1.807) is 13.0 Å². The van der Waals surface area contributed by atoms with Crippen molar-refractivity contribution >= 4 is 22.8 Å². The number of non-ortho nitro benzene ring substituents is 1. The van der Waals surface area contributed by atoms with Gasteiger partial charge in [-0.3, -0.25) is 10.1 Å². The molecule has 0 fully saturated rings. The molecule has 7 heteroatoms. The van der Waals surface area contributed by atoms with E-state index >= 15 is 0 Å². The van der Waals surface area contributed by atoms with E-state index in [4.69, 9.17) is 4.42 Å². The van der Waals surface area contributed by atoms with Gasteiger partial charge in [0.2, 0.25) is 0 Å². The number of rotatable bonds is 5. The lowest BCUT2D eigenvalue weighted by Gasteiger charge is -2.20. The summed E-state index contributed by atoms with van der Waals surface area (Å²) in [5.74, 6) is 0. The monoisotopic (exact) mass is 265 g/mol. The third-order valence-electron chi connectivity index (χ3n) is 2.98. The summed E-state index contributed by atoms with van der Waals surface area (Å²) in [5.41, 5.74) is -0.442. The lowest BCUT2D eigenvalue weighted by molar-refractivity contribution is -0.383. The first-order chi connectivity index (χ1) is 8.93. The van der Waals surface area contributed by atoms with E-state index in [9.17, 15) is 15.2 Å². The van der Waals surface area contributed by atoms with Gasteiger partial charge in [-0.25, -0.2) is 0 Å². The number of hydrogen-bond acceptors (Lipinski definition) is 6. The second-order valence-electron chi connectivity index (χ2n) is 4.60. The molecule has 0 radical (unpaired) electrons. The van der Waals surface area contributed by atoms with Crippen LogP contribution in [0.15, 0.2) is 22.6 Å². The normalized spacial score (nSPS) is 14.3. The highest BCUT2D eigenvalue weighted by Gasteiger charge is 2.20. The maximum atomic E-state index is 10.9. The zero-order valence-electron chi connectivity index (χ0n) is 10.7. The van der Waals surface area contributed by atoms with Crippen molar-refractivity contribution in [1.82, 2.24) is 4.98 Å². The van der Waals surface area contributed by atoms with Gasteiger partial charge in [-0.05, 0) is 19.4 Å². The number of nitro groups is 1. The van der Waals surface area contributed by atoms with Crippen molar-refractivity contribution in [2.75, 3.05) is 11.9 Å². The second kappa shape index (κ2) is 4.85. The third kappa shape index (κ3) is 2.82. The molecule has 0 aliphatic rings. The molecule has 102 valence electrons. The van der Waals surface area contributed by atoms with E-state index in [0.717, 1.165) is 0 Å². The highest BCUT2D eigenvalue weighted by molar-refractivity contribution is 5.83. The van der Waals surface area contributed by atoms with Crippen molar-refractivity contribution in [2.45, 2.75) is 25.9 Å². The van der Waals surface area contributed by atoms with E-state index in [-0.39, 0.29) is 23.8 Å². The van der Waals surface area contributed by atoms with Gasteiger partial charge in [0, 0.05) is 12.6 Å². The van der Waals surface area contributed by atoms with Gasteiger partial charge in [0.1, 0.15) is 0 Å². The van der Waals surface area contributed by atoms with Gasteiger partial charge < -0.3 is 14.8 Å². The van der Waals surface area contributed by atoms with Gasteiger partial charge in [0.25, 0.3) is 11.7 Å². The topological polar surface area (TPSA) is 101 Å². The predicted molar refractivity (Wildman–Crippen MR) is 70.1 cm³/mol. The molecule has 19 heavy (non-hydrogen) atoms. The molecule has 2 aromatic rings. The number of benzene rings is 1. The quantitative estimate of drug-likeness (QED) is 0.635. The van der Waals surface area contributed by atoms with Gasteiger partial charge >= 0.3 is 0 Å². The molecule has 7 nitrogen and oxygen atoms in total. The Morgan fingerprint density at radius 1 is 1.58 bits per heavy atom. The van der Waals surface area contributed by atoms with Gasteiger partial charge in [0.05, 0.1) is 10.5 Å². The van der Waals surface area contributed by atoms with Gasteiger partial charge in [-0.15, -0.1) is 0 Å². The smallest absolute Gasteiger partial charge is 0.298 e. The minimum Gasteiger partial charge on any atom is -0.423 e. The lowest BCUT2D eigenvalue weighted by Crippen LogP contribution is -2.32. The number of aliphatic hydroxyl groups is 1. The summed E-state index contributed by atoms with van der Waals surface area (Å²) < 4.78 is 5.36. The summed E-state index contributed by atoms with van der Waals surface area (Å²) in [6.45, 7) is 3.80. The molecule has 0 saturated heterocycles. The van der Waals surface area contributed by atoms with Crippen molar-refractivity contribution in [1.29, 1.82) is 0 Å². The van der Waals surface area contributed by atoms with Crippen LogP contribution in [0.25, 0.3) is 11.1 Å². The fourth-order valence-corrected chi connectivity index (χ4v) is 1.55. The first-order valence-corrected chi connectivity index (χ1v) is 5.93. The van der Waals surface area contributed by atoms with E-state index in [1.165, 1.54) is 12.1 Å². The van der Waals surface area contributed by atoms with Crippen LogP contribution in [0.1, 0.15) is 20.3 Å². The third-order valence-corrected chi connectivity index (χ3v) is 2.98. The molecule has 1 aromatic heterocycles. The van der Waals surface area contributed by atoms with E-state index in [1.807, 2.05) is 6.92 Å². The maximum Gasteiger partial charge on any atom is 0.298 e. The molecule has 0 spiro atoms. The van der Waals surface area contributed by atoms with Gasteiger partial charge in [-0.2, -0.15) is 4.98 Å². The van der Waals surface area contributed by atoms with Crippen molar-refractivity contribution in [3.63, 3.8) is 0 Å². The molecule has 0 bridgehead atoms. The molecule has 1 aromatic carbocycles. The zero-order valence-corrected chi connectivity index (χ0v) is 10.7. The molecule has 1 atom stereocenters. The molecular formula is C12H15N3O4. The molecule has 1 heterocycles. The molecule has 0 aliphatic carbocycles. The highest BCUT2D eigenvalue weighted by Crippen LogP contribution is 2.27. The standard InChI is InChI=1S/C12H15N3O4/c1-3-12(2,16)7-13-11-14-10-8(15(17)18)5-4-6-9(10)19-11/h4-6,16H,3,7H2,1-2H3,(H,13,14). The van der Waals surface area contributed by atoms with Crippen LogP contribution < -0.4 is 5.32 Å². The first-order valence-electron chi connectivity index (χ1n) is 5.93. The van der Waals surface area contributed by atoms with E-state index < -0.39 is 10.5 Å². The van der Waals surface area contributed by atoms with Gasteiger partial charge in [0.15, 0.2) is 11.1 Å². The summed E-state index contributed by atoms with van der Waals surface area (Å²) in [5, 5.41) is 23.6. The van der Waals surface area contributed by atoms with Gasteiger partial charge in [-0.1, -0.05) is 13.0 Å². The fraction of sp³-hybridized carbons (Fsp3) is 0.417. The molecule has 2 N–H and O–H groups in total. The number of nitro benzene ring substituents is 1. The number of para-hydroxylation sites is 1. The van der Waals surface area contributed by atoms with Crippen LogP contribution in [0.5, 0.6) is 0 Å². The average molecular weight is 265 g/mol. The zero-order chi connectivity index (χ0) is 14.0. The molecule has 2 rings (SSSR count). The highest BCUT2D eigenvalue weighted by atomic mass is 16.6. The van der Waals surface area contributed by atoms with Crippen LogP contribution >= 0.6 is 0 Å². The van der Waals surface area contributed by atoms with Crippen molar-refractivity contribution in [2.24, 2.45) is 0 Å². The number of oxazole rings is 1.